The Morgan fingerprint density at radius 2 is 1.83 bits per heavy atom. The van der Waals surface area contributed by atoms with Crippen LogP contribution in [-0.4, -0.2) is 19.2 Å². The van der Waals surface area contributed by atoms with E-state index >= 15 is 0 Å². The molecule has 100 valence electrons. The van der Waals surface area contributed by atoms with Gasteiger partial charge in [-0.2, -0.15) is 0 Å². The van der Waals surface area contributed by atoms with Gasteiger partial charge in [-0.3, -0.25) is 0 Å². The van der Waals surface area contributed by atoms with Crippen LogP contribution in [0.5, 0.6) is 5.75 Å². The summed E-state index contributed by atoms with van der Waals surface area (Å²) in [7, 11) is 0. The Kier molecular flexibility index (Phi) is 5.82. The van der Waals surface area contributed by atoms with Crippen LogP contribution >= 0.6 is 11.6 Å². The zero-order chi connectivity index (χ0) is 12.6. The Balaban J connectivity index is 1.49. The average molecular weight is 268 g/mol. The van der Waals surface area contributed by atoms with Crippen molar-refractivity contribution in [3.8, 4) is 5.75 Å². The molecule has 0 spiro atoms. The molecule has 0 unspecified atom stereocenters. The van der Waals surface area contributed by atoms with Crippen molar-refractivity contribution in [2.45, 2.75) is 44.6 Å². The molecule has 1 aromatic carbocycles. The second-order valence-corrected chi connectivity index (χ2v) is 5.38. The lowest BCUT2D eigenvalue weighted by Gasteiger charge is -2.11. The summed E-state index contributed by atoms with van der Waals surface area (Å²) >= 11 is 5.81. The topological polar surface area (TPSA) is 21.3 Å². The van der Waals surface area contributed by atoms with Crippen LogP contribution < -0.4 is 10.1 Å². The van der Waals surface area contributed by atoms with Gasteiger partial charge in [-0.15, -0.1) is 0 Å². The number of rotatable bonds is 7. The van der Waals surface area contributed by atoms with Crippen LogP contribution in [0.3, 0.4) is 0 Å². The van der Waals surface area contributed by atoms with Gasteiger partial charge in [0.25, 0.3) is 0 Å². The normalized spacial score (nSPS) is 16.1. The van der Waals surface area contributed by atoms with Crippen molar-refractivity contribution in [3.63, 3.8) is 0 Å². The van der Waals surface area contributed by atoms with E-state index in [0.717, 1.165) is 36.4 Å². The largest absolute Gasteiger partial charge is 0.494 e. The van der Waals surface area contributed by atoms with Gasteiger partial charge in [-0.1, -0.05) is 24.4 Å². The van der Waals surface area contributed by atoms with E-state index in [-0.39, 0.29) is 0 Å². The molecule has 0 amide bonds. The first kappa shape index (κ1) is 13.7. The van der Waals surface area contributed by atoms with Gasteiger partial charge in [-0.05, 0) is 56.5 Å². The van der Waals surface area contributed by atoms with Crippen molar-refractivity contribution in [1.82, 2.24) is 5.32 Å². The molecule has 1 aliphatic carbocycles. The summed E-state index contributed by atoms with van der Waals surface area (Å²) in [6, 6.07) is 8.33. The van der Waals surface area contributed by atoms with Crippen LogP contribution in [0, 0.1) is 0 Å². The first-order chi connectivity index (χ1) is 8.84. The minimum atomic E-state index is 0.753. The molecule has 1 fully saturated rings. The molecule has 0 atom stereocenters. The number of unbranched alkanes of at least 4 members (excludes halogenated alkanes) is 1. The molecule has 1 aromatic rings. The SMILES string of the molecule is Clc1ccc(OCCCCNC2CCCC2)cc1. The predicted octanol–water partition coefficient (Wildman–Crippen LogP) is 4.03. The summed E-state index contributed by atoms with van der Waals surface area (Å²) in [5.74, 6) is 0.906. The number of hydrogen-bond acceptors (Lipinski definition) is 2. The summed E-state index contributed by atoms with van der Waals surface area (Å²) in [6.45, 7) is 1.91. The van der Waals surface area contributed by atoms with Gasteiger partial charge in [0.05, 0.1) is 6.61 Å². The fourth-order valence-corrected chi connectivity index (χ4v) is 2.51. The van der Waals surface area contributed by atoms with Gasteiger partial charge in [-0.25, -0.2) is 0 Å². The monoisotopic (exact) mass is 267 g/mol. The highest BCUT2D eigenvalue weighted by Gasteiger charge is 2.12. The lowest BCUT2D eigenvalue weighted by Crippen LogP contribution is -2.27. The Hall–Kier alpha value is -0.730. The molecule has 0 aromatic heterocycles. The van der Waals surface area contributed by atoms with Gasteiger partial charge >= 0.3 is 0 Å². The van der Waals surface area contributed by atoms with E-state index in [1.54, 1.807) is 0 Å². The summed E-state index contributed by atoms with van der Waals surface area (Å²) in [5.41, 5.74) is 0. The zero-order valence-corrected chi connectivity index (χ0v) is 11.6. The fraction of sp³-hybridized carbons (Fsp3) is 0.600. The van der Waals surface area contributed by atoms with Crippen LogP contribution in [0.25, 0.3) is 0 Å². The lowest BCUT2D eigenvalue weighted by molar-refractivity contribution is 0.304. The minimum Gasteiger partial charge on any atom is -0.494 e. The molecule has 18 heavy (non-hydrogen) atoms. The van der Waals surface area contributed by atoms with E-state index in [9.17, 15) is 0 Å². The summed E-state index contributed by atoms with van der Waals surface area (Å²) in [6.07, 6.45) is 7.81. The lowest BCUT2D eigenvalue weighted by atomic mass is 10.2. The van der Waals surface area contributed by atoms with Crippen LogP contribution in [0.15, 0.2) is 24.3 Å². The number of hydrogen-bond donors (Lipinski definition) is 1. The number of halogens is 1. The summed E-state index contributed by atoms with van der Waals surface area (Å²) < 4.78 is 5.65. The van der Waals surface area contributed by atoms with Crippen molar-refractivity contribution in [1.29, 1.82) is 0 Å². The van der Waals surface area contributed by atoms with Crippen LogP contribution in [0.4, 0.5) is 0 Å². The standard InChI is InChI=1S/C15H22ClNO/c16-13-7-9-15(10-8-13)18-12-4-3-11-17-14-5-1-2-6-14/h7-10,14,17H,1-6,11-12H2. The molecule has 1 saturated carbocycles. The van der Waals surface area contributed by atoms with Gasteiger partial charge in [0.15, 0.2) is 0 Å². The van der Waals surface area contributed by atoms with E-state index in [1.165, 1.54) is 32.1 Å². The molecule has 2 nitrogen and oxygen atoms in total. The van der Waals surface area contributed by atoms with Crippen LogP contribution in [0.2, 0.25) is 5.02 Å². The highest BCUT2D eigenvalue weighted by molar-refractivity contribution is 6.30. The van der Waals surface area contributed by atoms with E-state index in [0.29, 0.717) is 0 Å². The Morgan fingerprint density at radius 3 is 2.56 bits per heavy atom. The molecule has 1 N–H and O–H groups in total. The first-order valence-corrected chi connectivity index (χ1v) is 7.34. The van der Waals surface area contributed by atoms with Gasteiger partial charge in [0.1, 0.15) is 5.75 Å². The molecule has 1 aliphatic rings. The van der Waals surface area contributed by atoms with Crippen molar-refractivity contribution < 1.29 is 4.74 Å². The van der Waals surface area contributed by atoms with Gasteiger partial charge in [0.2, 0.25) is 0 Å². The maximum Gasteiger partial charge on any atom is 0.119 e. The highest BCUT2D eigenvalue weighted by atomic mass is 35.5. The first-order valence-electron chi connectivity index (χ1n) is 6.96. The highest BCUT2D eigenvalue weighted by Crippen LogP contribution is 2.17. The van der Waals surface area contributed by atoms with Crippen molar-refractivity contribution >= 4 is 11.6 Å². The van der Waals surface area contributed by atoms with E-state index in [4.69, 9.17) is 16.3 Å². The van der Waals surface area contributed by atoms with Crippen molar-refractivity contribution in [3.05, 3.63) is 29.3 Å². The number of nitrogens with one attached hydrogen (secondary N) is 1. The molecule has 2 rings (SSSR count). The van der Waals surface area contributed by atoms with Crippen LogP contribution in [-0.2, 0) is 0 Å². The van der Waals surface area contributed by atoms with Gasteiger partial charge < -0.3 is 10.1 Å². The number of ether oxygens (including phenoxy) is 1. The summed E-state index contributed by atoms with van der Waals surface area (Å²) in [5, 5.41) is 4.37. The van der Waals surface area contributed by atoms with Gasteiger partial charge in [0, 0.05) is 11.1 Å². The quantitative estimate of drug-likeness (QED) is 0.753. The molecule has 0 radical (unpaired) electrons. The second kappa shape index (κ2) is 7.65. The predicted molar refractivity (Wildman–Crippen MR) is 76.4 cm³/mol. The van der Waals surface area contributed by atoms with E-state index in [1.807, 2.05) is 24.3 Å². The van der Waals surface area contributed by atoms with E-state index < -0.39 is 0 Å². The average Bonchev–Trinajstić information content (AvgIpc) is 2.89. The third kappa shape index (κ3) is 4.87. The Labute approximate surface area is 115 Å². The zero-order valence-electron chi connectivity index (χ0n) is 10.8. The maximum atomic E-state index is 5.81. The molecular weight excluding hydrogens is 246 g/mol. The molecule has 0 heterocycles. The van der Waals surface area contributed by atoms with E-state index in [2.05, 4.69) is 5.32 Å². The van der Waals surface area contributed by atoms with Crippen LogP contribution in [0.1, 0.15) is 38.5 Å². The third-order valence-electron chi connectivity index (χ3n) is 3.44. The third-order valence-corrected chi connectivity index (χ3v) is 3.69. The van der Waals surface area contributed by atoms with Crippen molar-refractivity contribution in [2.75, 3.05) is 13.2 Å². The molecular formula is C15H22ClNO. The summed E-state index contributed by atoms with van der Waals surface area (Å²) in [4.78, 5) is 0. The molecule has 3 heteroatoms. The minimum absolute atomic E-state index is 0.753. The molecule has 0 bridgehead atoms. The second-order valence-electron chi connectivity index (χ2n) is 4.94. The smallest absolute Gasteiger partial charge is 0.119 e. The fourth-order valence-electron chi connectivity index (χ4n) is 2.38. The number of benzene rings is 1. The van der Waals surface area contributed by atoms with Crippen molar-refractivity contribution in [2.24, 2.45) is 0 Å². The Morgan fingerprint density at radius 1 is 1.11 bits per heavy atom. The Bertz CT molecular complexity index is 333. The maximum absolute atomic E-state index is 5.81. The molecule has 0 aliphatic heterocycles. The molecule has 0 saturated heterocycles.